The van der Waals surface area contributed by atoms with Gasteiger partial charge in [-0.1, -0.05) is 46.3 Å². The van der Waals surface area contributed by atoms with Crippen LogP contribution in [0.5, 0.6) is 5.75 Å². The summed E-state index contributed by atoms with van der Waals surface area (Å²) in [5, 5.41) is 0.945. The minimum atomic E-state index is -3.71. The van der Waals surface area contributed by atoms with E-state index in [1.54, 1.807) is 18.2 Å². The Hall–Kier alpha value is -3.14. The van der Waals surface area contributed by atoms with E-state index in [-0.39, 0.29) is 10.8 Å². The first kappa shape index (κ1) is 24.5. The Balaban J connectivity index is 1.45. The molecule has 1 aromatic heterocycles. The van der Waals surface area contributed by atoms with Crippen molar-refractivity contribution in [3.05, 3.63) is 82.5 Å². The third-order valence-electron chi connectivity index (χ3n) is 6.83. The second kappa shape index (κ2) is 9.72. The average molecular weight is 568 g/mol. The lowest BCUT2D eigenvalue weighted by molar-refractivity contribution is 0.100. The van der Waals surface area contributed by atoms with Gasteiger partial charge in [0.05, 0.1) is 18.2 Å². The minimum Gasteiger partial charge on any atom is -0.495 e. The maximum atomic E-state index is 13.4. The van der Waals surface area contributed by atoms with Crippen molar-refractivity contribution in [2.24, 2.45) is 5.73 Å². The number of benzene rings is 3. The van der Waals surface area contributed by atoms with Crippen LogP contribution < -0.4 is 10.5 Å². The van der Waals surface area contributed by atoms with Crippen LogP contribution in [0.1, 0.15) is 34.7 Å². The number of nitrogens with two attached hydrogens (primary N) is 1. The SMILES string of the molecule is COc1ccc(Br)cc1S(=O)(=O)N1CCC(c2c[nH]c3c(C(N)=O)cc(-c4ccccc4)cc23)CC1. The van der Waals surface area contributed by atoms with Crippen molar-refractivity contribution in [2.75, 3.05) is 20.2 Å². The van der Waals surface area contributed by atoms with Crippen molar-refractivity contribution in [1.29, 1.82) is 0 Å². The van der Waals surface area contributed by atoms with Gasteiger partial charge in [-0.25, -0.2) is 8.42 Å². The molecular formula is C27H26BrN3O4S. The molecule has 36 heavy (non-hydrogen) atoms. The van der Waals surface area contributed by atoms with Crippen LogP contribution >= 0.6 is 15.9 Å². The number of carbonyl (C=O) groups is 1. The number of primary amides is 1. The number of H-pyrrole nitrogens is 1. The Morgan fingerprint density at radius 1 is 1.06 bits per heavy atom. The molecule has 0 aliphatic carbocycles. The van der Waals surface area contributed by atoms with Crippen LogP contribution in [-0.4, -0.2) is 43.8 Å². The molecule has 3 aromatic carbocycles. The molecule has 1 saturated heterocycles. The zero-order valence-corrected chi connectivity index (χ0v) is 22.1. The zero-order chi connectivity index (χ0) is 25.4. The molecule has 1 amide bonds. The number of rotatable bonds is 6. The van der Waals surface area contributed by atoms with Crippen molar-refractivity contribution in [1.82, 2.24) is 9.29 Å². The number of ether oxygens (including phenoxy) is 1. The molecule has 0 saturated carbocycles. The number of hydrogen-bond donors (Lipinski definition) is 2. The van der Waals surface area contributed by atoms with Crippen LogP contribution in [0, 0.1) is 0 Å². The van der Waals surface area contributed by atoms with Gasteiger partial charge in [-0.2, -0.15) is 4.31 Å². The van der Waals surface area contributed by atoms with E-state index in [0.29, 0.717) is 47.2 Å². The van der Waals surface area contributed by atoms with Gasteiger partial charge in [0.2, 0.25) is 10.0 Å². The smallest absolute Gasteiger partial charge is 0.250 e. The monoisotopic (exact) mass is 567 g/mol. The molecule has 1 aliphatic rings. The highest BCUT2D eigenvalue weighted by Gasteiger charge is 2.33. The van der Waals surface area contributed by atoms with Crippen molar-refractivity contribution in [2.45, 2.75) is 23.7 Å². The quantitative estimate of drug-likeness (QED) is 0.331. The summed E-state index contributed by atoms with van der Waals surface area (Å²) in [4.78, 5) is 15.7. The first-order valence-electron chi connectivity index (χ1n) is 11.6. The van der Waals surface area contributed by atoms with Gasteiger partial charge >= 0.3 is 0 Å². The van der Waals surface area contributed by atoms with Crippen molar-refractivity contribution in [3.63, 3.8) is 0 Å². The van der Waals surface area contributed by atoms with Gasteiger partial charge < -0.3 is 15.5 Å². The minimum absolute atomic E-state index is 0.140. The second-order valence-corrected chi connectivity index (χ2v) is 11.7. The summed E-state index contributed by atoms with van der Waals surface area (Å²) >= 11 is 3.36. The number of methoxy groups -OCH3 is 1. The molecular weight excluding hydrogens is 542 g/mol. The first-order valence-corrected chi connectivity index (χ1v) is 13.9. The van der Waals surface area contributed by atoms with Gasteiger partial charge in [0.25, 0.3) is 5.91 Å². The predicted octanol–water partition coefficient (Wildman–Crippen LogP) is 5.27. The highest BCUT2D eigenvalue weighted by molar-refractivity contribution is 9.10. The molecule has 0 unspecified atom stereocenters. The van der Waals surface area contributed by atoms with Gasteiger partial charge in [-0.15, -0.1) is 0 Å². The molecule has 186 valence electrons. The van der Waals surface area contributed by atoms with Crippen LogP contribution in [0.25, 0.3) is 22.0 Å². The Labute approximate surface area is 218 Å². The first-order chi connectivity index (χ1) is 17.3. The molecule has 0 spiro atoms. The average Bonchev–Trinajstić information content (AvgIpc) is 3.32. The van der Waals surface area contributed by atoms with E-state index >= 15 is 0 Å². The molecule has 7 nitrogen and oxygen atoms in total. The van der Waals surface area contributed by atoms with Gasteiger partial charge in [0.1, 0.15) is 10.6 Å². The number of piperidine rings is 1. The fourth-order valence-electron chi connectivity index (χ4n) is 4.98. The largest absolute Gasteiger partial charge is 0.495 e. The van der Waals surface area contributed by atoms with E-state index in [2.05, 4.69) is 27.0 Å². The van der Waals surface area contributed by atoms with Gasteiger partial charge in [-0.05, 0) is 65.8 Å². The number of nitrogens with zero attached hydrogens (tertiary/aromatic N) is 1. The Morgan fingerprint density at radius 3 is 2.44 bits per heavy atom. The number of nitrogens with one attached hydrogen (secondary N) is 1. The maximum absolute atomic E-state index is 13.4. The number of carbonyl (C=O) groups excluding carboxylic acids is 1. The van der Waals surface area contributed by atoms with Crippen LogP contribution in [0.15, 0.2) is 76.2 Å². The molecule has 0 bridgehead atoms. The number of halogens is 1. The van der Waals surface area contributed by atoms with Gasteiger partial charge in [0.15, 0.2) is 0 Å². The van der Waals surface area contributed by atoms with Crippen LogP contribution in [0.4, 0.5) is 0 Å². The molecule has 5 rings (SSSR count). The molecule has 2 heterocycles. The summed E-state index contributed by atoms with van der Waals surface area (Å²) in [7, 11) is -2.25. The van der Waals surface area contributed by atoms with E-state index in [9.17, 15) is 13.2 Å². The lowest BCUT2D eigenvalue weighted by atomic mass is 9.88. The van der Waals surface area contributed by atoms with Crippen LogP contribution in [-0.2, 0) is 10.0 Å². The van der Waals surface area contributed by atoms with Crippen molar-refractivity contribution in [3.8, 4) is 16.9 Å². The van der Waals surface area contributed by atoms with E-state index in [1.807, 2.05) is 42.6 Å². The molecule has 3 N–H and O–H groups in total. The highest BCUT2D eigenvalue weighted by atomic mass is 79.9. The maximum Gasteiger partial charge on any atom is 0.250 e. The second-order valence-electron chi connectivity index (χ2n) is 8.89. The summed E-state index contributed by atoms with van der Waals surface area (Å²) in [5.41, 5.74) is 9.87. The molecule has 0 radical (unpaired) electrons. The number of hydrogen-bond acceptors (Lipinski definition) is 4. The summed E-state index contributed by atoms with van der Waals surface area (Å²) < 4.78 is 34.3. The lowest BCUT2D eigenvalue weighted by Crippen LogP contribution is -2.38. The zero-order valence-electron chi connectivity index (χ0n) is 19.7. The summed E-state index contributed by atoms with van der Waals surface area (Å²) in [6.07, 6.45) is 3.24. The highest BCUT2D eigenvalue weighted by Crippen LogP contribution is 2.38. The van der Waals surface area contributed by atoms with Crippen molar-refractivity contribution >= 4 is 42.8 Å². The van der Waals surface area contributed by atoms with E-state index in [0.717, 1.165) is 22.1 Å². The van der Waals surface area contributed by atoms with Crippen LogP contribution in [0.3, 0.4) is 0 Å². The summed E-state index contributed by atoms with van der Waals surface area (Å²) in [5.74, 6) is -0.0270. The Morgan fingerprint density at radius 2 is 1.78 bits per heavy atom. The van der Waals surface area contributed by atoms with Gasteiger partial charge in [-0.3, -0.25) is 4.79 Å². The fraction of sp³-hybridized carbons (Fsp3) is 0.222. The topological polar surface area (TPSA) is 105 Å². The number of aromatic amines is 1. The Kier molecular flexibility index (Phi) is 6.63. The van der Waals surface area contributed by atoms with E-state index in [4.69, 9.17) is 10.5 Å². The molecule has 0 atom stereocenters. The fourth-order valence-corrected chi connectivity index (χ4v) is 7.14. The Bertz CT molecular complexity index is 1540. The normalized spacial score (nSPS) is 15.3. The van der Waals surface area contributed by atoms with Gasteiger partial charge in [0, 0.05) is 29.1 Å². The molecule has 1 fully saturated rings. The summed E-state index contributed by atoms with van der Waals surface area (Å²) in [6.45, 7) is 0.771. The van der Waals surface area contributed by atoms with E-state index in [1.165, 1.54) is 11.4 Å². The van der Waals surface area contributed by atoms with Crippen molar-refractivity contribution < 1.29 is 17.9 Å². The lowest BCUT2D eigenvalue weighted by Gasteiger charge is -2.31. The standard InChI is InChI=1S/C27H26BrN3O4S/c1-35-24-8-7-20(28)15-25(24)36(33,34)31-11-9-18(10-12-31)23-16-30-26-21(23)13-19(14-22(26)27(29)32)17-5-3-2-4-6-17/h2-8,13-16,18,30H,9-12H2,1H3,(H2,29,32). The third-order valence-corrected chi connectivity index (χ3v) is 9.24. The van der Waals surface area contributed by atoms with Crippen LogP contribution in [0.2, 0.25) is 0 Å². The predicted molar refractivity (Wildman–Crippen MR) is 144 cm³/mol. The number of sulfonamides is 1. The number of amides is 1. The number of aromatic nitrogens is 1. The van der Waals surface area contributed by atoms with E-state index < -0.39 is 15.9 Å². The molecule has 9 heteroatoms. The third kappa shape index (κ3) is 4.42. The molecule has 1 aliphatic heterocycles. The number of fused-ring (bicyclic) bond motifs is 1. The summed E-state index contributed by atoms with van der Waals surface area (Å²) in [6, 6.07) is 18.7. The molecule has 4 aromatic rings.